The number of hydrogen-bond donors (Lipinski definition) is 1. The number of nitrogens with zero attached hydrogens (tertiary/aromatic N) is 2. The minimum atomic E-state index is 0.292. The van der Waals surface area contributed by atoms with Crippen LogP contribution in [0.1, 0.15) is 30.0 Å². The molecule has 96 valence electrons. The molecule has 3 nitrogen and oxygen atoms in total. The highest BCUT2D eigenvalue weighted by Gasteiger charge is 2.15. The molecule has 1 atom stereocenters. The molecule has 0 aliphatic rings. The van der Waals surface area contributed by atoms with E-state index in [1.807, 2.05) is 7.05 Å². The molecule has 0 radical (unpaired) electrons. The molecule has 1 heterocycles. The first-order chi connectivity index (χ1) is 8.65. The van der Waals surface area contributed by atoms with Gasteiger partial charge in [-0.15, -0.1) is 10.2 Å². The van der Waals surface area contributed by atoms with Crippen LogP contribution in [0.4, 0.5) is 0 Å². The number of aryl methyl sites for hydroxylation is 1. The topological polar surface area (TPSA) is 37.8 Å². The van der Waals surface area contributed by atoms with Gasteiger partial charge in [0.1, 0.15) is 10.0 Å². The molecular formula is C13H16BrN3S. The summed E-state index contributed by atoms with van der Waals surface area (Å²) in [6.07, 6.45) is 1.01. The van der Waals surface area contributed by atoms with Crippen molar-refractivity contribution in [2.24, 2.45) is 0 Å². The maximum absolute atomic E-state index is 4.30. The molecule has 2 aromatic rings. The summed E-state index contributed by atoms with van der Waals surface area (Å²) in [5.41, 5.74) is 2.34. The zero-order valence-electron chi connectivity index (χ0n) is 10.7. The van der Waals surface area contributed by atoms with Crippen molar-refractivity contribution in [1.29, 1.82) is 0 Å². The molecule has 0 spiro atoms. The van der Waals surface area contributed by atoms with Crippen molar-refractivity contribution in [1.82, 2.24) is 15.5 Å². The van der Waals surface area contributed by atoms with Crippen molar-refractivity contribution in [3.8, 4) is 10.6 Å². The van der Waals surface area contributed by atoms with Gasteiger partial charge in [0.25, 0.3) is 0 Å². The smallest absolute Gasteiger partial charge is 0.149 e. The number of halogens is 1. The second-order valence-electron chi connectivity index (χ2n) is 4.18. The fraction of sp³-hybridized carbons (Fsp3) is 0.385. The van der Waals surface area contributed by atoms with Crippen LogP contribution in [0, 0.1) is 6.92 Å². The van der Waals surface area contributed by atoms with Gasteiger partial charge in [-0.25, -0.2) is 0 Å². The number of rotatable bonds is 4. The van der Waals surface area contributed by atoms with Gasteiger partial charge in [0.2, 0.25) is 0 Å². The van der Waals surface area contributed by atoms with Crippen LogP contribution in [0.2, 0.25) is 0 Å². The molecule has 0 fully saturated rings. The predicted octanol–water partition coefficient (Wildman–Crippen LogP) is 3.95. The molecule has 0 aliphatic carbocycles. The molecule has 1 aromatic heterocycles. The maximum atomic E-state index is 4.30. The molecule has 0 saturated heterocycles. The summed E-state index contributed by atoms with van der Waals surface area (Å²) in [5.74, 6) is 0. The molecule has 0 saturated carbocycles. The summed E-state index contributed by atoms with van der Waals surface area (Å²) in [7, 11) is 1.96. The third-order valence-electron chi connectivity index (χ3n) is 2.85. The van der Waals surface area contributed by atoms with Crippen LogP contribution in [-0.2, 0) is 0 Å². The van der Waals surface area contributed by atoms with E-state index >= 15 is 0 Å². The largest absolute Gasteiger partial charge is 0.311 e. The first-order valence-corrected chi connectivity index (χ1v) is 7.53. The average molecular weight is 326 g/mol. The van der Waals surface area contributed by atoms with Crippen LogP contribution in [-0.4, -0.2) is 17.2 Å². The summed E-state index contributed by atoms with van der Waals surface area (Å²) in [6.45, 7) is 4.23. The van der Waals surface area contributed by atoms with E-state index in [1.165, 1.54) is 5.56 Å². The fourth-order valence-electron chi connectivity index (χ4n) is 1.79. The van der Waals surface area contributed by atoms with Gasteiger partial charge in [-0.3, -0.25) is 0 Å². The molecule has 5 heteroatoms. The van der Waals surface area contributed by atoms with Gasteiger partial charge in [-0.2, -0.15) is 0 Å². The van der Waals surface area contributed by atoms with Gasteiger partial charge >= 0.3 is 0 Å². The van der Waals surface area contributed by atoms with E-state index < -0.39 is 0 Å². The summed E-state index contributed by atoms with van der Waals surface area (Å²) < 4.78 is 1.06. The van der Waals surface area contributed by atoms with Crippen LogP contribution in [0.25, 0.3) is 10.6 Å². The summed E-state index contributed by atoms with van der Waals surface area (Å²) in [6, 6.07) is 6.56. The Hall–Kier alpha value is -0.780. The Balaban J connectivity index is 2.37. The lowest BCUT2D eigenvalue weighted by Crippen LogP contribution is -2.14. The van der Waals surface area contributed by atoms with E-state index in [1.54, 1.807) is 11.3 Å². The Kier molecular flexibility index (Phi) is 4.48. The fourth-order valence-corrected chi connectivity index (χ4v) is 3.42. The first-order valence-electron chi connectivity index (χ1n) is 5.93. The van der Waals surface area contributed by atoms with Gasteiger partial charge in [0, 0.05) is 10.0 Å². The molecular weight excluding hydrogens is 310 g/mol. The van der Waals surface area contributed by atoms with Gasteiger partial charge in [0.05, 0.1) is 6.04 Å². The molecule has 1 N–H and O–H groups in total. The molecule has 0 aliphatic heterocycles. The highest BCUT2D eigenvalue weighted by atomic mass is 79.9. The van der Waals surface area contributed by atoms with Gasteiger partial charge in [-0.05, 0) is 32.5 Å². The zero-order valence-corrected chi connectivity index (χ0v) is 13.1. The lowest BCUT2D eigenvalue weighted by Gasteiger charge is -2.08. The Morgan fingerprint density at radius 3 is 2.83 bits per heavy atom. The van der Waals surface area contributed by atoms with Crippen LogP contribution in [0.15, 0.2) is 22.7 Å². The van der Waals surface area contributed by atoms with Crippen molar-refractivity contribution in [3.63, 3.8) is 0 Å². The molecule has 0 amide bonds. The normalized spacial score (nSPS) is 12.7. The van der Waals surface area contributed by atoms with Gasteiger partial charge < -0.3 is 5.32 Å². The van der Waals surface area contributed by atoms with E-state index in [9.17, 15) is 0 Å². The monoisotopic (exact) mass is 325 g/mol. The van der Waals surface area contributed by atoms with Crippen molar-refractivity contribution >= 4 is 27.3 Å². The molecule has 1 unspecified atom stereocenters. The molecule has 2 rings (SSSR count). The van der Waals surface area contributed by atoms with Gasteiger partial charge in [0.15, 0.2) is 0 Å². The second-order valence-corrected chi connectivity index (χ2v) is 6.04. The van der Waals surface area contributed by atoms with Crippen LogP contribution in [0.3, 0.4) is 0 Å². The van der Waals surface area contributed by atoms with Crippen molar-refractivity contribution < 1.29 is 0 Å². The summed E-state index contributed by atoms with van der Waals surface area (Å²) in [5, 5.41) is 13.9. The number of nitrogens with one attached hydrogen (secondary N) is 1. The summed E-state index contributed by atoms with van der Waals surface area (Å²) >= 11 is 5.22. The number of aromatic nitrogens is 2. The predicted molar refractivity (Wildman–Crippen MR) is 79.9 cm³/mol. The lowest BCUT2D eigenvalue weighted by atomic mass is 10.1. The summed E-state index contributed by atoms with van der Waals surface area (Å²) in [4.78, 5) is 0. The first kappa shape index (κ1) is 13.6. The van der Waals surface area contributed by atoms with Crippen LogP contribution < -0.4 is 5.32 Å². The second kappa shape index (κ2) is 5.91. The minimum absolute atomic E-state index is 0.292. The SMILES string of the molecule is CCC(NC)c1nnc(-c2cc(C)ccc2Br)s1. The maximum Gasteiger partial charge on any atom is 0.149 e. The van der Waals surface area contributed by atoms with Gasteiger partial charge in [-0.1, -0.05) is 45.8 Å². The third-order valence-corrected chi connectivity index (χ3v) is 4.61. The highest BCUT2D eigenvalue weighted by molar-refractivity contribution is 9.10. The highest BCUT2D eigenvalue weighted by Crippen LogP contribution is 2.33. The molecule has 1 aromatic carbocycles. The number of hydrogen-bond acceptors (Lipinski definition) is 4. The van der Waals surface area contributed by atoms with Crippen molar-refractivity contribution in [3.05, 3.63) is 33.2 Å². The Bertz CT molecular complexity index is 535. The van der Waals surface area contributed by atoms with E-state index in [0.29, 0.717) is 6.04 Å². The van der Waals surface area contributed by atoms with E-state index in [2.05, 4.69) is 63.5 Å². The van der Waals surface area contributed by atoms with Crippen LogP contribution in [0.5, 0.6) is 0 Å². The lowest BCUT2D eigenvalue weighted by molar-refractivity contribution is 0.568. The van der Waals surface area contributed by atoms with Crippen molar-refractivity contribution in [2.45, 2.75) is 26.3 Å². The quantitative estimate of drug-likeness (QED) is 0.924. The van der Waals surface area contributed by atoms with E-state index in [4.69, 9.17) is 0 Å². The van der Waals surface area contributed by atoms with Crippen LogP contribution >= 0.6 is 27.3 Å². The minimum Gasteiger partial charge on any atom is -0.311 e. The van der Waals surface area contributed by atoms with E-state index in [-0.39, 0.29) is 0 Å². The Labute approximate surface area is 120 Å². The molecule has 0 bridgehead atoms. The Morgan fingerprint density at radius 1 is 1.39 bits per heavy atom. The molecule has 18 heavy (non-hydrogen) atoms. The van der Waals surface area contributed by atoms with E-state index in [0.717, 1.165) is 26.5 Å². The Morgan fingerprint density at radius 2 is 2.17 bits per heavy atom. The zero-order chi connectivity index (χ0) is 13.1. The van der Waals surface area contributed by atoms with Crippen molar-refractivity contribution in [2.75, 3.05) is 7.05 Å². The standard InChI is InChI=1S/C13H16BrN3S/c1-4-11(15-3)13-17-16-12(18-13)9-7-8(2)5-6-10(9)14/h5-7,11,15H,4H2,1-3H3. The number of benzene rings is 1. The third kappa shape index (κ3) is 2.79. The average Bonchev–Trinajstić information content (AvgIpc) is 2.83.